The first kappa shape index (κ1) is 10.5. The molecule has 0 saturated heterocycles. The lowest BCUT2D eigenvalue weighted by molar-refractivity contribution is 0.0955. The quantitative estimate of drug-likeness (QED) is 0.814. The fourth-order valence-electron chi connectivity index (χ4n) is 1.28. The number of carbonyl (C=O) groups excluding carboxylic acids is 1. The molecule has 0 bridgehead atoms. The number of hydrogen-bond donors (Lipinski definition) is 1. The number of rotatable bonds is 2. The van der Waals surface area contributed by atoms with Gasteiger partial charge in [-0.25, -0.2) is 4.39 Å². The summed E-state index contributed by atoms with van der Waals surface area (Å²) < 4.78 is 13.3. The summed E-state index contributed by atoms with van der Waals surface area (Å²) in [5, 5.41) is 9.90. The number of amides is 1. The molecule has 81 valence electrons. The Labute approximate surface area is 91.9 Å². The molecule has 1 amide bonds. The van der Waals surface area contributed by atoms with Crippen molar-refractivity contribution in [2.24, 2.45) is 10.2 Å². The van der Waals surface area contributed by atoms with Crippen LogP contribution in [0.5, 0.6) is 0 Å². The summed E-state index contributed by atoms with van der Waals surface area (Å²) in [7, 11) is 0. The minimum absolute atomic E-state index is 0.0110. The fourth-order valence-corrected chi connectivity index (χ4v) is 1.28. The fraction of sp³-hybridized carbons (Fsp3) is 0.0909. The molecule has 16 heavy (non-hydrogen) atoms. The molecule has 0 unspecified atom stereocenters. The molecule has 2 rings (SSSR count). The Kier molecular flexibility index (Phi) is 2.76. The predicted molar refractivity (Wildman–Crippen MR) is 55.7 cm³/mol. The van der Waals surface area contributed by atoms with Crippen molar-refractivity contribution in [2.45, 2.75) is 6.92 Å². The highest BCUT2D eigenvalue weighted by Crippen LogP contribution is 2.16. The molecule has 5 heteroatoms. The summed E-state index contributed by atoms with van der Waals surface area (Å²) in [5.74, 6) is -1.09. The van der Waals surface area contributed by atoms with E-state index in [0.717, 1.165) is 0 Å². The van der Waals surface area contributed by atoms with Crippen molar-refractivity contribution in [2.75, 3.05) is 0 Å². The molecule has 0 atom stereocenters. The molecule has 1 aromatic carbocycles. The van der Waals surface area contributed by atoms with Crippen molar-refractivity contribution < 1.29 is 9.18 Å². The van der Waals surface area contributed by atoms with E-state index in [-0.39, 0.29) is 5.56 Å². The Morgan fingerprint density at radius 3 is 2.69 bits per heavy atom. The number of halogens is 1. The van der Waals surface area contributed by atoms with Crippen molar-refractivity contribution in [3.05, 3.63) is 53.6 Å². The first-order valence-electron chi connectivity index (χ1n) is 4.70. The van der Waals surface area contributed by atoms with Gasteiger partial charge < -0.3 is 5.32 Å². The van der Waals surface area contributed by atoms with E-state index in [2.05, 4.69) is 15.5 Å². The largest absolute Gasteiger partial charge is 0.319 e. The van der Waals surface area contributed by atoms with Crippen molar-refractivity contribution >= 4 is 5.91 Å². The average molecular weight is 218 g/mol. The first-order chi connectivity index (χ1) is 7.66. The number of allylic oxidation sites excluding steroid dienone is 1. The monoisotopic (exact) mass is 218 g/mol. The zero-order valence-electron chi connectivity index (χ0n) is 8.57. The molecule has 0 saturated carbocycles. The van der Waals surface area contributed by atoms with Crippen LogP contribution < -0.4 is 5.32 Å². The number of nitrogens with one attached hydrogen (secondary N) is 1. The number of benzene rings is 1. The Balaban J connectivity index is 2.10. The lowest BCUT2D eigenvalue weighted by Crippen LogP contribution is -2.26. The molecule has 0 aliphatic carbocycles. The van der Waals surface area contributed by atoms with Gasteiger partial charge in [0.05, 0.1) is 11.3 Å². The molecule has 1 aromatic rings. The van der Waals surface area contributed by atoms with Crippen LogP contribution in [0.1, 0.15) is 17.3 Å². The molecule has 1 N–H and O–H groups in total. The maximum Gasteiger partial charge on any atom is 0.256 e. The van der Waals surface area contributed by atoms with Gasteiger partial charge in [0.2, 0.25) is 6.17 Å². The molecule has 0 aromatic heterocycles. The van der Waals surface area contributed by atoms with Gasteiger partial charge in [-0.1, -0.05) is 12.1 Å². The van der Waals surface area contributed by atoms with E-state index in [9.17, 15) is 9.18 Å². The minimum atomic E-state index is -0.559. The van der Waals surface area contributed by atoms with E-state index in [0.29, 0.717) is 11.9 Å². The van der Waals surface area contributed by atoms with Gasteiger partial charge in [0.1, 0.15) is 5.82 Å². The van der Waals surface area contributed by atoms with Crippen LogP contribution in [0.25, 0.3) is 0 Å². The smallest absolute Gasteiger partial charge is 0.256 e. The molecule has 4 nitrogen and oxygen atoms in total. The van der Waals surface area contributed by atoms with Crippen LogP contribution in [0.3, 0.4) is 0 Å². The van der Waals surface area contributed by atoms with Gasteiger partial charge in [0.25, 0.3) is 5.91 Å². The lowest BCUT2D eigenvalue weighted by Gasteiger charge is -2.06. The lowest BCUT2D eigenvalue weighted by atomic mass is 10.2. The topological polar surface area (TPSA) is 53.8 Å². The van der Waals surface area contributed by atoms with Crippen LogP contribution in [-0.2, 0) is 0 Å². The van der Waals surface area contributed by atoms with Crippen LogP contribution in [0, 0.1) is 12.0 Å². The van der Waals surface area contributed by atoms with Crippen LogP contribution in [-0.4, -0.2) is 5.91 Å². The van der Waals surface area contributed by atoms with Gasteiger partial charge in [-0.15, -0.1) is 0 Å². The summed E-state index contributed by atoms with van der Waals surface area (Å²) in [6.07, 6.45) is 1.93. The Morgan fingerprint density at radius 1 is 1.31 bits per heavy atom. The molecule has 1 aliphatic rings. The third-order valence-corrected chi connectivity index (χ3v) is 2.02. The summed E-state index contributed by atoms with van der Waals surface area (Å²) in [5.41, 5.74) is 0.687. The number of hydrogen-bond acceptors (Lipinski definition) is 3. The molecular weight excluding hydrogens is 209 g/mol. The third kappa shape index (κ3) is 2.13. The average Bonchev–Trinajstić information content (AvgIpc) is 2.64. The summed E-state index contributed by atoms with van der Waals surface area (Å²) in [4.78, 5) is 11.6. The van der Waals surface area contributed by atoms with Gasteiger partial charge in [-0.3, -0.25) is 4.79 Å². The highest BCUT2D eigenvalue weighted by molar-refractivity contribution is 5.95. The van der Waals surface area contributed by atoms with Crippen molar-refractivity contribution in [3.63, 3.8) is 0 Å². The summed E-state index contributed by atoms with van der Waals surface area (Å²) in [6, 6.07) is 5.77. The Hall–Kier alpha value is -2.04. The number of nitrogens with zero attached hydrogens (tertiary/aromatic N) is 2. The number of carbonyl (C=O) groups is 1. The first-order valence-corrected chi connectivity index (χ1v) is 4.70. The molecule has 1 heterocycles. The second-order valence-electron chi connectivity index (χ2n) is 3.30. The molecule has 0 spiro atoms. The normalized spacial score (nSPS) is 15.0. The maximum atomic E-state index is 13.3. The van der Waals surface area contributed by atoms with Crippen molar-refractivity contribution in [1.82, 2.24) is 5.32 Å². The Morgan fingerprint density at radius 2 is 2.06 bits per heavy atom. The van der Waals surface area contributed by atoms with E-state index in [1.54, 1.807) is 19.1 Å². The van der Waals surface area contributed by atoms with Crippen LogP contribution in [0.2, 0.25) is 0 Å². The zero-order chi connectivity index (χ0) is 11.5. The second-order valence-corrected chi connectivity index (χ2v) is 3.30. The van der Waals surface area contributed by atoms with Crippen molar-refractivity contribution in [1.29, 1.82) is 0 Å². The van der Waals surface area contributed by atoms with E-state index in [1.807, 2.05) is 0 Å². The van der Waals surface area contributed by atoms with Crippen molar-refractivity contribution in [3.8, 4) is 0 Å². The highest BCUT2D eigenvalue weighted by Gasteiger charge is 2.17. The standard InChI is InChI=1S/C11H9FN3O/c1-7-6-10(15-14-7)13-11(16)8-4-2-3-5-9(8)12/h2-6H,1H3,(H,13,16). The summed E-state index contributed by atoms with van der Waals surface area (Å²) >= 11 is 0. The predicted octanol–water partition coefficient (Wildman–Crippen LogP) is 2.41. The minimum Gasteiger partial charge on any atom is -0.319 e. The Bertz CT molecular complexity index is 482. The molecule has 1 radical (unpaired) electrons. The van der Waals surface area contributed by atoms with Crippen LogP contribution in [0.4, 0.5) is 4.39 Å². The van der Waals surface area contributed by atoms with Crippen LogP contribution >= 0.6 is 0 Å². The second kappa shape index (κ2) is 4.22. The highest BCUT2D eigenvalue weighted by atomic mass is 19.1. The maximum absolute atomic E-state index is 13.3. The molecular formula is C11H9FN3O. The molecule has 1 aliphatic heterocycles. The summed E-state index contributed by atoms with van der Waals surface area (Å²) in [6.45, 7) is 1.76. The SMILES string of the molecule is CC1=C[C](NC(=O)c2ccccc2F)N=N1. The van der Waals surface area contributed by atoms with Crippen LogP contribution in [0.15, 0.2) is 46.3 Å². The van der Waals surface area contributed by atoms with Gasteiger partial charge in [0, 0.05) is 0 Å². The van der Waals surface area contributed by atoms with Gasteiger partial charge in [0.15, 0.2) is 0 Å². The van der Waals surface area contributed by atoms with E-state index < -0.39 is 11.7 Å². The van der Waals surface area contributed by atoms with E-state index in [1.165, 1.54) is 18.2 Å². The van der Waals surface area contributed by atoms with Gasteiger partial charge in [-0.2, -0.15) is 10.2 Å². The third-order valence-electron chi connectivity index (χ3n) is 2.02. The van der Waals surface area contributed by atoms with E-state index >= 15 is 0 Å². The molecule has 0 fully saturated rings. The number of azo groups is 1. The van der Waals surface area contributed by atoms with E-state index in [4.69, 9.17) is 0 Å². The zero-order valence-corrected chi connectivity index (χ0v) is 8.57. The van der Waals surface area contributed by atoms with Gasteiger partial charge in [-0.05, 0) is 25.1 Å². The van der Waals surface area contributed by atoms with Gasteiger partial charge >= 0.3 is 0 Å².